The fourth-order valence-electron chi connectivity index (χ4n) is 3.29. The Kier molecular flexibility index (Phi) is 4.92. The fraction of sp³-hybridized carbons (Fsp3) is 0.190. The van der Waals surface area contributed by atoms with Crippen molar-refractivity contribution >= 4 is 40.5 Å². The maximum atomic E-state index is 12.6. The molecule has 0 saturated heterocycles. The number of ether oxygens (including phenoxy) is 1. The van der Waals surface area contributed by atoms with E-state index in [4.69, 9.17) is 9.15 Å². The van der Waals surface area contributed by atoms with E-state index in [0.717, 1.165) is 15.8 Å². The molecule has 6 nitrogen and oxygen atoms in total. The van der Waals surface area contributed by atoms with Gasteiger partial charge in [0.2, 0.25) is 5.76 Å². The summed E-state index contributed by atoms with van der Waals surface area (Å²) in [6.07, 6.45) is 1.94. The Hall–Kier alpha value is -3.06. The van der Waals surface area contributed by atoms with Gasteiger partial charge in [0.25, 0.3) is 11.8 Å². The van der Waals surface area contributed by atoms with Crippen molar-refractivity contribution in [3.63, 3.8) is 0 Å². The molecule has 0 spiro atoms. The molecule has 142 valence electrons. The van der Waals surface area contributed by atoms with E-state index in [1.54, 1.807) is 42.1 Å². The van der Waals surface area contributed by atoms with Gasteiger partial charge < -0.3 is 9.15 Å². The third kappa shape index (κ3) is 3.07. The van der Waals surface area contributed by atoms with Gasteiger partial charge in [-0.3, -0.25) is 14.5 Å². The predicted octanol–water partition coefficient (Wildman–Crippen LogP) is 3.75. The number of fused-ring (bicyclic) bond motifs is 2. The lowest BCUT2D eigenvalue weighted by atomic mass is 10.1. The van der Waals surface area contributed by atoms with Crippen LogP contribution in [0.1, 0.15) is 36.8 Å². The van der Waals surface area contributed by atoms with Crippen LogP contribution in [-0.4, -0.2) is 42.1 Å². The van der Waals surface area contributed by atoms with E-state index >= 15 is 0 Å². The molecule has 0 fully saturated rings. The Labute approximate surface area is 165 Å². The lowest BCUT2D eigenvalue weighted by molar-refractivity contribution is 0.0394. The number of benzene rings is 2. The molecule has 1 aliphatic heterocycles. The monoisotopic (exact) mass is 395 g/mol. The molecule has 1 aromatic heterocycles. The summed E-state index contributed by atoms with van der Waals surface area (Å²) in [5.41, 5.74) is 2.16. The first-order valence-electron chi connectivity index (χ1n) is 8.73. The quantitative estimate of drug-likeness (QED) is 0.467. The van der Waals surface area contributed by atoms with Crippen molar-refractivity contribution in [3.8, 4) is 0 Å². The smallest absolute Gasteiger partial charge is 0.374 e. The standard InChI is InChI=1S/C21H17NO5S/c1-28-12-16-13-6-4-5-9-17(13)27-18(16)21(25)26-11-10-22-19(23)14-7-2-3-8-15(14)20(22)24/h2-9H,10-12H2,1H3. The van der Waals surface area contributed by atoms with Crippen molar-refractivity contribution in [3.05, 3.63) is 71.0 Å². The highest BCUT2D eigenvalue weighted by atomic mass is 32.2. The topological polar surface area (TPSA) is 76.8 Å². The maximum absolute atomic E-state index is 12.6. The summed E-state index contributed by atoms with van der Waals surface area (Å²) in [4.78, 5) is 38.4. The Morgan fingerprint density at radius 3 is 2.36 bits per heavy atom. The number of imide groups is 1. The molecule has 2 amide bonds. The zero-order valence-electron chi connectivity index (χ0n) is 15.1. The molecule has 0 atom stereocenters. The Balaban J connectivity index is 1.46. The van der Waals surface area contributed by atoms with Crippen LogP contribution in [0.25, 0.3) is 11.0 Å². The number of hydrogen-bond donors (Lipinski definition) is 0. The molecule has 0 saturated carbocycles. The fourth-order valence-corrected chi connectivity index (χ4v) is 3.86. The number of amides is 2. The lowest BCUT2D eigenvalue weighted by Gasteiger charge is -2.13. The van der Waals surface area contributed by atoms with E-state index in [2.05, 4.69) is 0 Å². The van der Waals surface area contributed by atoms with E-state index in [9.17, 15) is 14.4 Å². The van der Waals surface area contributed by atoms with Crippen LogP contribution in [0.3, 0.4) is 0 Å². The molecule has 0 bridgehead atoms. The first kappa shape index (κ1) is 18.3. The number of carbonyl (C=O) groups excluding carboxylic acids is 3. The van der Waals surface area contributed by atoms with E-state index < -0.39 is 5.97 Å². The number of furan rings is 1. The molecule has 3 aromatic rings. The molecule has 28 heavy (non-hydrogen) atoms. The minimum Gasteiger partial charge on any atom is -0.458 e. The number of esters is 1. The van der Waals surface area contributed by atoms with Crippen LogP contribution in [-0.2, 0) is 10.5 Å². The highest BCUT2D eigenvalue weighted by Crippen LogP contribution is 2.29. The van der Waals surface area contributed by atoms with Crippen LogP contribution in [0.5, 0.6) is 0 Å². The maximum Gasteiger partial charge on any atom is 0.374 e. The van der Waals surface area contributed by atoms with Gasteiger partial charge in [0.15, 0.2) is 0 Å². The second-order valence-electron chi connectivity index (χ2n) is 6.28. The Bertz CT molecular complexity index is 1050. The zero-order valence-corrected chi connectivity index (χ0v) is 16.0. The van der Waals surface area contributed by atoms with E-state index in [1.807, 2.05) is 24.5 Å². The molecule has 0 radical (unpaired) electrons. The van der Waals surface area contributed by atoms with Crippen molar-refractivity contribution in [1.29, 1.82) is 0 Å². The summed E-state index contributed by atoms with van der Waals surface area (Å²) in [5, 5.41) is 0.879. The summed E-state index contributed by atoms with van der Waals surface area (Å²) in [6.45, 7) is -0.101. The summed E-state index contributed by atoms with van der Waals surface area (Å²) < 4.78 is 11.0. The summed E-state index contributed by atoms with van der Waals surface area (Å²) in [6, 6.07) is 14.1. The van der Waals surface area contributed by atoms with Crippen LogP contribution in [0.4, 0.5) is 0 Å². The summed E-state index contributed by atoms with van der Waals surface area (Å²) in [7, 11) is 0. The first-order valence-corrected chi connectivity index (χ1v) is 10.1. The highest BCUT2D eigenvalue weighted by molar-refractivity contribution is 7.97. The van der Waals surface area contributed by atoms with Gasteiger partial charge in [-0.05, 0) is 24.5 Å². The zero-order chi connectivity index (χ0) is 19.7. The van der Waals surface area contributed by atoms with E-state index in [0.29, 0.717) is 22.5 Å². The predicted molar refractivity (Wildman–Crippen MR) is 106 cm³/mol. The third-order valence-corrected chi connectivity index (χ3v) is 5.18. The van der Waals surface area contributed by atoms with Crippen molar-refractivity contribution in [1.82, 2.24) is 4.90 Å². The van der Waals surface area contributed by atoms with Crippen molar-refractivity contribution in [2.24, 2.45) is 0 Å². The number of thioether (sulfide) groups is 1. The SMILES string of the molecule is CSCc1c(C(=O)OCCN2C(=O)c3ccccc3C2=O)oc2ccccc12. The molecule has 0 unspecified atom stereocenters. The molecule has 7 heteroatoms. The van der Waals surface area contributed by atoms with Crippen LogP contribution in [0.2, 0.25) is 0 Å². The number of carbonyl (C=O) groups is 3. The van der Waals surface area contributed by atoms with E-state index in [-0.39, 0.29) is 30.7 Å². The van der Waals surface area contributed by atoms with Gasteiger partial charge in [0.1, 0.15) is 12.2 Å². The Morgan fingerprint density at radius 1 is 1.04 bits per heavy atom. The van der Waals surface area contributed by atoms with Gasteiger partial charge >= 0.3 is 5.97 Å². The van der Waals surface area contributed by atoms with Gasteiger partial charge in [-0.2, -0.15) is 11.8 Å². The number of hydrogen-bond acceptors (Lipinski definition) is 6. The average molecular weight is 395 g/mol. The van der Waals surface area contributed by atoms with Crippen molar-refractivity contribution in [2.75, 3.05) is 19.4 Å². The van der Waals surface area contributed by atoms with Crippen molar-refractivity contribution in [2.45, 2.75) is 5.75 Å². The minimum atomic E-state index is -0.600. The minimum absolute atomic E-state index is 0.00379. The second-order valence-corrected chi connectivity index (χ2v) is 7.15. The van der Waals surface area contributed by atoms with Gasteiger partial charge in [0, 0.05) is 16.7 Å². The Morgan fingerprint density at radius 2 is 1.68 bits per heavy atom. The molecule has 2 aromatic carbocycles. The molecular formula is C21H17NO5S. The molecule has 0 aliphatic carbocycles. The number of para-hydroxylation sites is 1. The molecule has 1 aliphatic rings. The van der Waals surface area contributed by atoms with E-state index in [1.165, 1.54) is 0 Å². The molecule has 2 heterocycles. The largest absolute Gasteiger partial charge is 0.458 e. The third-order valence-electron chi connectivity index (χ3n) is 4.60. The second kappa shape index (κ2) is 7.52. The number of rotatable bonds is 6. The van der Waals surface area contributed by atoms with Crippen LogP contribution < -0.4 is 0 Å². The molecule has 0 N–H and O–H groups in total. The first-order chi connectivity index (χ1) is 13.6. The van der Waals surface area contributed by atoms with Crippen LogP contribution in [0, 0.1) is 0 Å². The normalized spacial score (nSPS) is 13.2. The van der Waals surface area contributed by atoms with Gasteiger partial charge in [0.05, 0.1) is 17.7 Å². The van der Waals surface area contributed by atoms with Crippen LogP contribution in [0.15, 0.2) is 52.9 Å². The average Bonchev–Trinajstić information content (AvgIpc) is 3.20. The lowest BCUT2D eigenvalue weighted by Crippen LogP contribution is -2.33. The summed E-state index contributed by atoms with van der Waals surface area (Å²) in [5.74, 6) is -0.568. The van der Waals surface area contributed by atoms with Gasteiger partial charge in [-0.25, -0.2) is 4.79 Å². The summed E-state index contributed by atoms with van der Waals surface area (Å²) >= 11 is 1.58. The molecule has 4 rings (SSSR count). The van der Waals surface area contributed by atoms with Crippen LogP contribution >= 0.6 is 11.8 Å². The number of nitrogens with zero attached hydrogens (tertiary/aromatic N) is 1. The van der Waals surface area contributed by atoms with Gasteiger partial charge in [-0.1, -0.05) is 30.3 Å². The highest BCUT2D eigenvalue weighted by Gasteiger charge is 2.35. The molecular weight excluding hydrogens is 378 g/mol. The van der Waals surface area contributed by atoms with Crippen molar-refractivity contribution < 1.29 is 23.5 Å². The van der Waals surface area contributed by atoms with Gasteiger partial charge in [-0.15, -0.1) is 0 Å².